The predicted molar refractivity (Wildman–Crippen MR) is 77.7 cm³/mol. The van der Waals surface area contributed by atoms with Crippen LogP contribution in [0.1, 0.15) is 24.1 Å². The Balaban J connectivity index is 2.05. The number of halogens is 1. The van der Waals surface area contributed by atoms with Gasteiger partial charge in [0.15, 0.2) is 0 Å². The lowest BCUT2D eigenvalue weighted by atomic mass is 10.1. The topological polar surface area (TPSA) is 20.3 Å². The summed E-state index contributed by atoms with van der Waals surface area (Å²) in [5.41, 5.74) is 1.78. The zero-order chi connectivity index (χ0) is 14.5. The van der Waals surface area contributed by atoms with E-state index in [1.807, 2.05) is 37.3 Å². The molecule has 0 N–H and O–H groups in total. The first kappa shape index (κ1) is 14.3. The first-order valence-corrected chi connectivity index (χ1v) is 6.63. The van der Waals surface area contributed by atoms with Gasteiger partial charge in [0.05, 0.1) is 12.5 Å². The quantitative estimate of drug-likeness (QED) is 0.832. The minimum atomic E-state index is -0.311. The number of carbonyl (C=O) groups is 1. The van der Waals surface area contributed by atoms with E-state index in [4.69, 9.17) is 0 Å². The highest BCUT2D eigenvalue weighted by Crippen LogP contribution is 2.19. The molecule has 3 heteroatoms. The predicted octanol–water partition coefficient (Wildman–Crippen LogP) is 3.59. The van der Waals surface area contributed by atoms with Crippen molar-refractivity contribution in [1.29, 1.82) is 0 Å². The molecule has 0 saturated carbocycles. The fourth-order valence-corrected chi connectivity index (χ4v) is 2.12. The lowest BCUT2D eigenvalue weighted by Gasteiger charge is -2.25. The molecule has 104 valence electrons. The summed E-state index contributed by atoms with van der Waals surface area (Å²) in [6.45, 7) is 1.98. The molecule has 0 aliphatic heterocycles. The van der Waals surface area contributed by atoms with Gasteiger partial charge in [-0.2, -0.15) is 0 Å². The van der Waals surface area contributed by atoms with E-state index in [1.165, 1.54) is 12.1 Å². The van der Waals surface area contributed by atoms with Crippen molar-refractivity contribution in [2.75, 3.05) is 7.05 Å². The number of carbonyl (C=O) groups excluding carboxylic acids is 1. The molecule has 0 aromatic heterocycles. The van der Waals surface area contributed by atoms with Gasteiger partial charge in [0.1, 0.15) is 5.82 Å². The van der Waals surface area contributed by atoms with Crippen LogP contribution in [0.5, 0.6) is 0 Å². The van der Waals surface area contributed by atoms with Crippen molar-refractivity contribution in [2.24, 2.45) is 0 Å². The third-order valence-corrected chi connectivity index (χ3v) is 3.50. The normalized spacial score (nSPS) is 11.9. The van der Waals surface area contributed by atoms with Crippen LogP contribution >= 0.6 is 0 Å². The van der Waals surface area contributed by atoms with Crippen LogP contribution in [0.15, 0.2) is 54.6 Å². The number of hydrogen-bond donors (Lipinski definition) is 0. The molecule has 0 heterocycles. The van der Waals surface area contributed by atoms with E-state index >= 15 is 0 Å². The maximum atomic E-state index is 13.1. The second kappa shape index (κ2) is 6.33. The molecule has 0 bridgehead atoms. The fraction of sp³-hybridized carbons (Fsp3) is 0.235. The van der Waals surface area contributed by atoms with E-state index in [-0.39, 0.29) is 24.2 Å². The molecule has 1 atom stereocenters. The number of amides is 1. The van der Waals surface area contributed by atoms with Crippen molar-refractivity contribution in [1.82, 2.24) is 4.90 Å². The number of rotatable bonds is 4. The molecule has 1 unspecified atom stereocenters. The van der Waals surface area contributed by atoms with Crippen LogP contribution in [0, 0.1) is 5.82 Å². The van der Waals surface area contributed by atoms with E-state index < -0.39 is 0 Å². The Labute approximate surface area is 118 Å². The Kier molecular flexibility index (Phi) is 4.51. The van der Waals surface area contributed by atoms with Crippen LogP contribution in [0.3, 0.4) is 0 Å². The van der Waals surface area contributed by atoms with Crippen LogP contribution in [-0.2, 0) is 11.2 Å². The summed E-state index contributed by atoms with van der Waals surface area (Å²) in [5.74, 6) is -0.332. The van der Waals surface area contributed by atoms with Crippen LogP contribution in [0.2, 0.25) is 0 Å². The van der Waals surface area contributed by atoms with Crippen molar-refractivity contribution >= 4 is 5.91 Å². The maximum Gasteiger partial charge on any atom is 0.227 e. The molecule has 2 aromatic carbocycles. The van der Waals surface area contributed by atoms with Gasteiger partial charge < -0.3 is 4.90 Å². The van der Waals surface area contributed by atoms with Gasteiger partial charge in [-0.15, -0.1) is 0 Å². The van der Waals surface area contributed by atoms with Crippen molar-refractivity contribution in [3.05, 3.63) is 71.5 Å². The van der Waals surface area contributed by atoms with Crippen molar-refractivity contribution in [3.63, 3.8) is 0 Å². The molecule has 2 rings (SSSR count). The molecule has 1 amide bonds. The fourth-order valence-electron chi connectivity index (χ4n) is 2.12. The highest BCUT2D eigenvalue weighted by molar-refractivity contribution is 5.79. The largest absolute Gasteiger partial charge is 0.339 e. The lowest BCUT2D eigenvalue weighted by Crippen LogP contribution is -2.30. The van der Waals surface area contributed by atoms with Gasteiger partial charge in [-0.25, -0.2) is 4.39 Å². The zero-order valence-corrected chi connectivity index (χ0v) is 11.7. The molecule has 2 aromatic rings. The summed E-state index contributed by atoms with van der Waals surface area (Å²) in [4.78, 5) is 13.9. The van der Waals surface area contributed by atoms with E-state index in [9.17, 15) is 9.18 Å². The summed E-state index contributed by atoms with van der Waals surface area (Å²) >= 11 is 0. The molecule has 0 spiro atoms. The first-order valence-electron chi connectivity index (χ1n) is 6.63. The highest BCUT2D eigenvalue weighted by atomic mass is 19.1. The molecular weight excluding hydrogens is 253 g/mol. The van der Waals surface area contributed by atoms with Crippen LogP contribution < -0.4 is 0 Å². The summed E-state index contributed by atoms with van der Waals surface area (Å²) in [6.07, 6.45) is 0.214. The Bertz CT molecular complexity index is 583. The van der Waals surface area contributed by atoms with Gasteiger partial charge in [0, 0.05) is 7.05 Å². The van der Waals surface area contributed by atoms with E-state index in [0.717, 1.165) is 5.56 Å². The van der Waals surface area contributed by atoms with Crippen LogP contribution in [0.25, 0.3) is 0 Å². The van der Waals surface area contributed by atoms with Gasteiger partial charge in [0.2, 0.25) is 5.91 Å². The molecule has 0 aliphatic carbocycles. The first-order chi connectivity index (χ1) is 9.58. The Morgan fingerprint density at radius 2 is 1.85 bits per heavy atom. The number of nitrogens with zero attached hydrogens (tertiary/aromatic N) is 1. The standard InChI is InChI=1S/C17H18FNO/c1-13(15-8-4-3-5-9-15)19(2)17(20)12-14-7-6-10-16(18)11-14/h3-11,13H,12H2,1-2H3. The molecule has 0 radical (unpaired) electrons. The zero-order valence-electron chi connectivity index (χ0n) is 11.7. The van der Waals surface area contributed by atoms with Gasteiger partial charge in [-0.3, -0.25) is 4.79 Å². The SMILES string of the molecule is CC(c1ccccc1)N(C)C(=O)Cc1cccc(F)c1. The monoisotopic (exact) mass is 271 g/mol. The van der Waals surface area contributed by atoms with E-state index in [1.54, 1.807) is 24.1 Å². The van der Waals surface area contributed by atoms with Gasteiger partial charge in [-0.1, -0.05) is 42.5 Å². The summed E-state index contributed by atoms with van der Waals surface area (Å²) in [6, 6.07) is 16.0. The van der Waals surface area contributed by atoms with Gasteiger partial charge in [0.25, 0.3) is 0 Å². The minimum absolute atomic E-state index is 0.00254. The minimum Gasteiger partial charge on any atom is -0.339 e. The summed E-state index contributed by atoms with van der Waals surface area (Å²) in [5, 5.41) is 0. The second-order valence-electron chi connectivity index (χ2n) is 4.90. The Hall–Kier alpha value is -2.16. The highest BCUT2D eigenvalue weighted by Gasteiger charge is 2.17. The second-order valence-corrected chi connectivity index (χ2v) is 4.90. The average molecular weight is 271 g/mol. The Morgan fingerprint density at radius 1 is 1.15 bits per heavy atom. The summed E-state index contributed by atoms with van der Waals surface area (Å²) in [7, 11) is 1.78. The van der Waals surface area contributed by atoms with Gasteiger partial charge in [-0.05, 0) is 30.2 Å². The summed E-state index contributed by atoms with van der Waals surface area (Å²) < 4.78 is 13.1. The van der Waals surface area contributed by atoms with Gasteiger partial charge >= 0.3 is 0 Å². The van der Waals surface area contributed by atoms with E-state index in [0.29, 0.717) is 5.56 Å². The Morgan fingerprint density at radius 3 is 2.50 bits per heavy atom. The van der Waals surface area contributed by atoms with Crippen LogP contribution in [-0.4, -0.2) is 17.9 Å². The van der Waals surface area contributed by atoms with Crippen molar-refractivity contribution in [3.8, 4) is 0 Å². The average Bonchev–Trinajstić information content (AvgIpc) is 2.46. The number of likely N-dealkylation sites (N-methyl/N-ethyl adjacent to an activating group) is 1. The third kappa shape index (κ3) is 3.44. The molecule has 0 saturated heterocycles. The number of benzene rings is 2. The smallest absolute Gasteiger partial charge is 0.227 e. The maximum absolute atomic E-state index is 13.1. The van der Waals surface area contributed by atoms with Crippen molar-refractivity contribution in [2.45, 2.75) is 19.4 Å². The van der Waals surface area contributed by atoms with Crippen molar-refractivity contribution < 1.29 is 9.18 Å². The number of hydrogen-bond acceptors (Lipinski definition) is 1. The molecule has 0 aliphatic rings. The molecule has 20 heavy (non-hydrogen) atoms. The third-order valence-electron chi connectivity index (χ3n) is 3.50. The van der Waals surface area contributed by atoms with E-state index in [2.05, 4.69) is 0 Å². The van der Waals surface area contributed by atoms with Crippen LogP contribution in [0.4, 0.5) is 4.39 Å². The lowest BCUT2D eigenvalue weighted by molar-refractivity contribution is -0.131. The molecule has 2 nitrogen and oxygen atoms in total. The molecular formula is C17H18FNO. The molecule has 0 fully saturated rings.